The molecule has 6 nitrogen and oxygen atoms in total. The Bertz CT molecular complexity index is 325. The normalized spacial score (nSPS) is 24.7. The Labute approximate surface area is 117 Å². The van der Waals surface area contributed by atoms with Gasteiger partial charge in [0.1, 0.15) is 0 Å². The summed E-state index contributed by atoms with van der Waals surface area (Å²) >= 11 is 5.79. The van der Waals surface area contributed by atoms with Gasteiger partial charge in [-0.05, 0) is 5.92 Å². The van der Waals surface area contributed by atoms with Crippen LogP contribution in [0.25, 0.3) is 0 Å². The molecule has 1 fully saturated rings. The van der Waals surface area contributed by atoms with Crippen molar-refractivity contribution in [1.29, 1.82) is 5.41 Å². The summed E-state index contributed by atoms with van der Waals surface area (Å²) in [6, 6.07) is 0. The van der Waals surface area contributed by atoms with Crippen LogP contribution in [-0.4, -0.2) is 45.8 Å². The van der Waals surface area contributed by atoms with Crippen LogP contribution in [-0.2, 0) is 4.74 Å². The molecule has 8 heteroatoms. The van der Waals surface area contributed by atoms with Gasteiger partial charge in [0.25, 0.3) is 0 Å². The van der Waals surface area contributed by atoms with Crippen LogP contribution in [0.2, 0.25) is 0 Å². The first kappa shape index (κ1) is 14.8. The van der Waals surface area contributed by atoms with E-state index in [1.807, 2.05) is 0 Å². The molecule has 2 atom stereocenters. The summed E-state index contributed by atoms with van der Waals surface area (Å²) in [4.78, 5) is 11.8. The highest BCUT2D eigenvalue weighted by Gasteiger charge is 2.44. The lowest BCUT2D eigenvalue weighted by atomic mass is 9.98. The van der Waals surface area contributed by atoms with Crippen molar-refractivity contribution in [2.75, 3.05) is 26.8 Å². The van der Waals surface area contributed by atoms with E-state index in [-0.39, 0.29) is 5.84 Å². The van der Waals surface area contributed by atoms with Crippen molar-refractivity contribution < 1.29 is 9.66 Å². The number of rotatable bonds is 4. The largest absolute Gasteiger partial charge is 0.382 e. The predicted molar refractivity (Wildman–Crippen MR) is 71.4 cm³/mol. The van der Waals surface area contributed by atoms with Crippen LogP contribution in [0.4, 0.5) is 0 Å². The van der Waals surface area contributed by atoms with Gasteiger partial charge in [0.05, 0.1) is 11.5 Å². The van der Waals surface area contributed by atoms with Crippen molar-refractivity contribution >= 4 is 37.7 Å². The molecule has 1 aliphatic rings. The average Bonchev–Trinajstić information content (AvgIpc) is 2.63. The molecule has 0 aromatic carbocycles. The fraction of sp³-hybridized carbons (Fsp3) is 0.889. The lowest BCUT2D eigenvalue weighted by Crippen LogP contribution is -2.45. The fourth-order valence-corrected chi connectivity index (χ4v) is 2.30. The summed E-state index contributed by atoms with van der Waals surface area (Å²) < 4.78 is 3.62. The van der Waals surface area contributed by atoms with Crippen molar-refractivity contribution in [3.05, 3.63) is 10.1 Å². The van der Waals surface area contributed by atoms with Gasteiger partial charge in [0.2, 0.25) is 0 Å². The number of nitro groups is 1. The van der Waals surface area contributed by atoms with Crippen molar-refractivity contribution in [2.45, 2.75) is 10.3 Å². The molecule has 1 aliphatic heterocycles. The topological polar surface area (TPSA) is 79.5 Å². The smallest absolute Gasteiger partial charge is 0.381 e. The summed E-state index contributed by atoms with van der Waals surface area (Å²) in [5.41, 5.74) is 0. The third-order valence-corrected chi connectivity index (χ3v) is 4.25. The van der Waals surface area contributed by atoms with E-state index in [1.165, 1.54) is 0 Å². The van der Waals surface area contributed by atoms with Crippen LogP contribution in [0.1, 0.15) is 6.92 Å². The second kappa shape index (κ2) is 5.62. The summed E-state index contributed by atoms with van der Waals surface area (Å²) in [7, 11) is 1.67. The molecule has 0 aromatic heterocycles. The zero-order chi connectivity index (χ0) is 13.2. The fourth-order valence-electron chi connectivity index (χ4n) is 1.70. The standard InChI is InChI=1S/C9H15Br2N3O3/c1-6-4-17-5-7(6)3-13(2)8(12)9(10,11)14(15)16/h6-7,12H,3-5H2,1-2H3. The minimum atomic E-state index is -1.71. The lowest BCUT2D eigenvalue weighted by molar-refractivity contribution is -0.487. The molecular formula is C9H15Br2N3O3. The summed E-state index contributed by atoms with van der Waals surface area (Å²) in [6.07, 6.45) is 0. The molecule has 1 saturated heterocycles. The van der Waals surface area contributed by atoms with Crippen LogP contribution < -0.4 is 0 Å². The number of nitrogens with zero attached hydrogens (tertiary/aromatic N) is 2. The predicted octanol–water partition coefficient (Wildman–Crippen LogP) is 1.90. The number of nitrogens with one attached hydrogen (secondary N) is 1. The summed E-state index contributed by atoms with van der Waals surface area (Å²) in [5.74, 6) is 0.602. The Balaban J connectivity index is 2.61. The number of hydrogen-bond donors (Lipinski definition) is 1. The Kier molecular flexibility index (Phi) is 4.91. The first-order valence-corrected chi connectivity index (χ1v) is 6.75. The minimum absolute atomic E-state index is 0.124. The third-order valence-electron chi connectivity index (χ3n) is 2.92. The first-order valence-electron chi connectivity index (χ1n) is 5.17. The van der Waals surface area contributed by atoms with Crippen LogP contribution in [0.15, 0.2) is 0 Å². The Morgan fingerprint density at radius 2 is 2.24 bits per heavy atom. The van der Waals surface area contributed by atoms with Gasteiger partial charge >= 0.3 is 3.36 Å². The van der Waals surface area contributed by atoms with Crippen LogP contribution in [0, 0.1) is 27.4 Å². The van der Waals surface area contributed by atoms with Gasteiger partial charge in [-0.1, -0.05) is 6.92 Å². The maximum atomic E-state index is 10.8. The highest BCUT2D eigenvalue weighted by Crippen LogP contribution is 2.30. The van der Waals surface area contributed by atoms with Gasteiger partial charge in [-0.3, -0.25) is 15.5 Å². The molecule has 1 rings (SSSR count). The molecule has 0 aromatic rings. The first-order chi connectivity index (χ1) is 7.76. The number of hydrogen-bond acceptors (Lipinski definition) is 4. The molecule has 0 amide bonds. The SMILES string of the molecule is CC1COCC1CN(C)C(=N)C(Br)(Br)[N+](=O)[O-]. The lowest BCUT2D eigenvalue weighted by Gasteiger charge is -2.27. The zero-order valence-corrected chi connectivity index (χ0v) is 12.8. The highest BCUT2D eigenvalue weighted by molar-refractivity contribution is 9.25. The highest BCUT2D eigenvalue weighted by atomic mass is 79.9. The van der Waals surface area contributed by atoms with Gasteiger partial charge in [-0.15, -0.1) is 0 Å². The van der Waals surface area contributed by atoms with Crippen LogP contribution in [0.3, 0.4) is 0 Å². The van der Waals surface area contributed by atoms with E-state index >= 15 is 0 Å². The van der Waals surface area contributed by atoms with E-state index in [0.29, 0.717) is 25.0 Å². The zero-order valence-electron chi connectivity index (χ0n) is 9.65. The second-order valence-corrected chi connectivity index (χ2v) is 7.66. The summed E-state index contributed by atoms with van der Waals surface area (Å²) in [6.45, 7) is 4.02. The maximum Gasteiger partial charge on any atom is 0.382 e. The Morgan fingerprint density at radius 1 is 1.65 bits per heavy atom. The average molecular weight is 373 g/mol. The molecular weight excluding hydrogens is 358 g/mol. The van der Waals surface area contributed by atoms with Gasteiger partial charge < -0.3 is 9.64 Å². The molecule has 0 saturated carbocycles. The van der Waals surface area contributed by atoms with E-state index in [4.69, 9.17) is 10.1 Å². The quantitative estimate of drug-likeness (QED) is 0.204. The Morgan fingerprint density at radius 3 is 2.65 bits per heavy atom. The minimum Gasteiger partial charge on any atom is -0.381 e. The third kappa shape index (κ3) is 3.38. The van der Waals surface area contributed by atoms with Crippen molar-refractivity contribution in [3.8, 4) is 0 Å². The molecule has 0 spiro atoms. The number of amidine groups is 1. The van der Waals surface area contributed by atoms with Gasteiger partial charge in [0, 0.05) is 58.0 Å². The molecule has 1 heterocycles. The molecule has 1 N–H and O–H groups in total. The van der Waals surface area contributed by atoms with Crippen LogP contribution in [0.5, 0.6) is 0 Å². The van der Waals surface area contributed by atoms with E-state index in [0.717, 1.165) is 6.61 Å². The molecule has 2 unspecified atom stereocenters. The van der Waals surface area contributed by atoms with Gasteiger partial charge in [0.15, 0.2) is 5.84 Å². The number of likely N-dealkylation sites (N-methyl/N-ethyl adjacent to an activating group) is 1. The summed E-state index contributed by atoms with van der Waals surface area (Å²) in [5, 5.41) is 18.6. The van der Waals surface area contributed by atoms with Crippen molar-refractivity contribution in [3.63, 3.8) is 0 Å². The Hall–Kier alpha value is -0.210. The van der Waals surface area contributed by atoms with Crippen molar-refractivity contribution in [2.24, 2.45) is 11.8 Å². The molecule has 98 valence electrons. The van der Waals surface area contributed by atoms with E-state index in [1.54, 1.807) is 11.9 Å². The van der Waals surface area contributed by atoms with E-state index < -0.39 is 8.28 Å². The molecule has 17 heavy (non-hydrogen) atoms. The monoisotopic (exact) mass is 371 g/mol. The van der Waals surface area contributed by atoms with Gasteiger partial charge in [-0.25, -0.2) is 0 Å². The number of alkyl halides is 2. The van der Waals surface area contributed by atoms with E-state index in [9.17, 15) is 10.1 Å². The molecule has 0 bridgehead atoms. The molecule has 0 radical (unpaired) electrons. The molecule has 0 aliphatic carbocycles. The maximum absolute atomic E-state index is 10.8. The number of halogens is 2. The van der Waals surface area contributed by atoms with Crippen molar-refractivity contribution in [1.82, 2.24) is 4.90 Å². The second-order valence-electron chi connectivity index (χ2n) is 4.30. The number of ether oxygens (including phenoxy) is 1. The van der Waals surface area contributed by atoms with Gasteiger partial charge in [-0.2, -0.15) is 0 Å². The van der Waals surface area contributed by atoms with E-state index in [2.05, 4.69) is 38.8 Å². The van der Waals surface area contributed by atoms with Crippen LogP contribution >= 0.6 is 31.9 Å².